The van der Waals surface area contributed by atoms with Gasteiger partial charge in [0.05, 0.1) is 6.61 Å². The first-order valence-corrected chi connectivity index (χ1v) is 5.91. The van der Waals surface area contributed by atoms with Gasteiger partial charge in [0.25, 0.3) is 0 Å². The van der Waals surface area contributed by atoms with Crippen LogP contribution in [0.1, 0.15) is 6.42 Å². The van der Waals surface area contributed by atoms with Gasteiger partial charge in [0.1, 0.15) is 0 Å². The van der Waals surface area contributed by atoms with Crippen molar-refractivity contribution in [2.45, 2.75) is 6.42 Å². The molecule has 1 aromatic heterocycles. The summed E-state index contributed by atoms with van der Waals surface area (Å²) in [7, 11) is 9.60. The average molecular weight is 254 g/mol. The molecular weight excluding hydrogens is 232 g/mol. The van der Waals surface area contributed by atoms with Gasteiger partial charge in [-0.05, 0) is 20.5 Å². The lowest BCUT2D eigenvalue weighted by molar-refractivity contribution is 0.263. The highest BCUT2D eigenvalue weighted by atomic mass is 16.5. The van der Waals surface area contributed by atoms with Crippen LogP contribution in [0.2, 0.25) is 0 Å². The minimum Gasteiger partial charge on any atom is -0.463 e. The van der Waals surface area contributed by atoms with Gasteiger partial charge in [-0.1, -0.05) is 0 Å². The van der Waals surface area contributed by atoms with Gasteiger partial charge in [0.15, 0.2) is 0 Å². The smallest absolute Gasteiger partial charge is 0.323 e. The van der Waals surface area contributed by atoms with Crippen LogP contribution in [0.15, 0.2) is 0 Å². The summed E-state index contributed by atoms with van der Waals surface area (Å²) < 4.78 is 5.53. The number of aromatic nitrogens is 3. The molecule has 7 nitrogen and oxygen atoms in total. The van der Waals surface area contributed by atoms with Crippen molar-refractivity contribution in [3.8, 4) is 6.01 Å². The summed E-state index contributed by atoms with van der Waals surface area (Å²) in [5.74, 6) is 1.09. The van der Waals surface area contributed by atoms with E-state index < -0.39 is 0 Å². The first kappa shape index (κ1) is 14.4. The Balaban J connectivity index is 2.61. The number of hydrogen-bond donors (Lipinski definition) is 1. The SMILES string of the molecule is CNc1nc(OCCCN(C)C)nc(N(C)C)n1. The van der Waals surface area contributed by atoms with E-state index in [1.807, 2.05) is 33.1 Å². The lowest BCUT2D eigenvalue weighted by Gasteiger charge is -2.13. The molecule has 0 saturated heterocycles. The first-order chi connectivity index (χ1) is 8.52. The van der Waals surface area contributed by atoms with Gasteiger partial charge in [-0.3, -0.25) is 0 Å². The third-order valence-electron chi connectivity index (χ3n) is 2.21. The Morgan fingerprint density at radius 2 is 1.83 bits per heavy atom. The minimum absolute atomic E-state index is 0.358. The Hall–Kier alpha value is -1.63. The molecule has 1 aromatic rings. The third kappa shape index (κ3) is 4.70. The van der Waals surface area contributed by atoms with E-state index >= 15 is 0 Å². The van der Waals surface area contributed by atoms with Crippen molar-refractivity contribution in [1.82, 2.24) is 19.9 Å². The van der Waals surface area contributed by atoms with E-state index in [4.69, 9.17) is 4.74 Å². The molecule has 1 heterocycles. The lowest BCUT2D eigenvalue weighted by Crippen LogP contribution is -2.17. The minimum atomic E-state index is 0.358. The second kappa shape index (κ2) is 6.95. The standard InChI is InChI=1S/C11H22N6O/c1-12-9-13-10(17(4)5)15-11(14-9)18-8-6-7-16(2)3/h6-8H2,1-5H3,(H,12,13,14,15). The Morgan fingerprint density at radius 3 is 2.39 bits per heavy atom. The van der Waals surface area contributed by atoms with Crippen molar-refractivity contribution < 1.29 is 4.74 Å². The van der Waals surface area contributed by atoms with Gasteiger partial charge >= 0.3 is 6.01 Å². The number of rotatable bonds is 7. The van der Waals surface area contributed by atoms with E-state index in [0.29, 0.717) is 24.5 Å². The summed E-state index contributed by atoms with van der Waals surface area (Å²) in [6, 6.07) is 0.358. The van der Waals surface area contributed by atoms with Gasteiger partial charge in [-0.2, -0.15) is 15.0 Å². The average Bonchev–Trinajstić information content (AvgIpc) is 2.34. The number of nitrogens with one attached hydrogen (secondary N) is 1. The van der Waals surface area contributed by atoms with E-state index in [9.17, 15) is 0 Å². The summed E-state index contributed by atoms with van der Waals surface area (Å²) in [5.41, 5.74) is 0. The Morgan fingerprint density at radius 1 is 1.11 bits per heavy atom. The maximum Gasteiger partial charge on any atom is 0.323 e. The lowest BCUT2D eigenvalue weighted by atomic mass is 10.4. The summed E-state index contributed by atoms with van der Waals surface area (Å²) >= 11 is 0. The quantitative estimate of drug-likeness (QED) is 0.702. The fourth-order valence-corrected chi connectivity index (χ4v) is 1.27. The van der Waals surface area contributed by atoms with Gasteiger partial charge in [-0.25, -0.2) is 0 Å². The Kier molecular flexibility index (Phi) is 5.57. The van der Waals surface area contributed by atoms with Crippen LogP contribution in [0.3, 0.4) is 0 Å². The molecule has 102 valence electrons. The monoisotopic (exact) mass is 254 g/mol. The van der Waals surface area contributed by atoms with Crippen molar-refractivity contribution in [2.24, 2.45) is 0 Å². The molecule has 0 aliphatic rings. The van der Waals surface area contributed by atoms with E-state index in [1.165, 1.54) is 0 Å². The molecule has 0 aliphatic carbocycles. The largest absolute Gasteiger partial charge is 0.463 e. The zero-order valence-corrected chi connectivity index (χ0v) is 11.8. The summed E-state index contributed by atoms with van der Waals surface area (Å²) in [4.78, 5) is 16.5. The second-order valence-corrected chi connectivity index (χ2v) is 4.39. The summed E-state index contributed by atoms with van der Waals surface area (Å²) in [6.45, 7) is 1.57. The van der Waals surface area contributed by atoms with Crippen molar-refractivity contribution in [2.75, 3.05) is 58.6 Å². The normalized spacial score (nSPS) is 10.6. The predicted molar refractivity (Wildman–Crippen MR) is 72.4 cm³/mol. The first-order valence-electron chi connectivity index (χ1n) is 5.91. The second-order valence-electron chi connectivity index (χ2n) is 4.39. The molecule has 0 atom stereocenters. The molecule has 0 saturated carbocycles. The molecule has 1 rings (SSSR count). The van der Waals surface area contributed by atoms with Gasteiger partial charge in [0.2, 0.25) is 11.9 Å². The summed E-state index contributed by atoms with van der Waals surface area (Å²) in [5, 5.41) is 2.89. The molecule has 0 aromatic carbocycles. The molecule has 7 heteroatoms. The van der Waals surface area contributed by atoms with E-state index in [2.05, 4.69) is 25.2 Å². The van der Waals surface area contributed by atoms with E-state index in [0.717, 1.165) is 13.0 Å². The van der Waals surface area contributed by atoms with Crippen LogP contribution < -0.4 is 15.0 Å². The molecule has 0 radical (unpaired) electrons. The third-order valence-corrected chi connectivity index (χ3v) is 2.21. The molecule has 0 aliphatic heterocycles. The molecule has 0 amide bonds. The Labute approximate surface area is 108 Å². The zero-order chi connectivity index (χ0) is 13.5. The number of anilines is 2. The number of nitrogens with zero attached hydrogens (tertiary/aromatic N) is 5. The van der Waals surface area contributed by atoms with Gasteiger partial charge in [0, 0.05) is 27.7 Å². The van der Waals surface area contributed by atoms with Crippen LogP contribution in [0, 0.1) is 0 Å². The predicted octanol–water partition coefficient (Wildman–Crippen LogP) is 0.310. The molecule has 0 bridgehead atoms. The van der Waals surface area contributed by atoms with Crippen molar-refractivity contribution >= 4 is 11.9 Å². The highest BCUT2D eigenvalue weighted by molar-refractivity contribution is 5.36. The van der Waals surface area contributed by atoms with Crippen LogP contribution in [-0.2, 0) is 0 Å². The molecule has 1 N–H and O–H groups in total. The topological polar surface area (TPSA) is 66.4 Å². The Bertz CT molecular complexity index is 369. The van der Waals surface area contributed by atoms with Crippen LogP contribution >= 0.6 is 0 Å². The van der Waals surface area contributed by atoms with E-state index in [1.54, 1.807) is 7.05 Å². The molecule has 0 spiro atoms. The number of ether oxygens (including phenoxy) is 1. The molecule has 0 unspecified atom stereocenters. The van der Waals surface area contributed by atoms with Crippen LogP contribution in [-0.4, -0.2) is 68.2 Å². The highest BCUT2D eigenvalue weighted by Crippen LogP contribution is 2.12. The van der Waals surface area contributed by atoms with Gasteiger partial charge in [-0.15, -0.1) is 0 Å². The van der Waals surface area contributed by atoms with Gasteiger partial charge < -0.3 is 19.9 Å². The van der Waals surface area contributed by atoms with Crippen molar-refractivity contribution in [3.63, 3.8) is 0 Å². The van der Waals surface area contributed by atoms with Crippen LogP contribution in [0.25, 0.3) is 0 Å². The fourth-order valence-electron chi connectivity index (χ4n) is 1.27. The van der Waals surface area contributed by atoms with Crippen LogP contribution in [0.5, 0.6) is 6.01 Å². The molecule has 0 fully saturated rings. The van der Waals surface area contributed by atoms with Crippen molar-refractivity contribution in [3.05, 3.63) is 0 Å². The highest BCUT2D eigenvalue weighted by Gasteiger charge is 2.07. The zero-order valence-electron chi connectivity index (χ0n) is 11.8. The summed E-state index contributed by atoms with van der Waals surface area (Å²) in [6.07, 6.45) is 0.935. The van der Waals surface area contributed by atoms with Crippen LogP contribution in [0.4, 0.5) is 11.9 Å². The van der Waals surface area contributed by atoms with E-state index in [-0.39, 0.29) is 0 Å². The molecule has 18 heavy (non-hydrogen) atoms. The maximum absolute atomic E-state index is 5.53. The molecular formula is C11H22N6O. The van der Waals surface area contributed by atoms with Crippen molar-refractivity contribution in [1.29, 1.82) is 0 Å². The number of hydrogen-bond acceptors (Lipinski definition) is 7. The maximum atomic E-state index is 5.53. The fraction of sp³-hybridized carbons (Fsp3) is 0.727.